The Kier molecular flexibility index (Phi) is 5.02. The minimum atomic E-state index is -0.576. The van der Waals surface area contributed by atoms with Crippen molar-refractivity contribution in [1.29, 1.82) is 5.26 Å². The molecule has 2 rings (SSSR count). The highest BCUT2D eigenvalue weighted by molar-refractivity contribution is 5.51. The Balaban J connectivity index is 2.21. The number of rotatable bonds is 5. The number of nitriles is 1. The molecular formula is C17H20N4O2. The molecule has 0 aliphatic carbocycles. The number of hydrogen-bond donors (Lipinski definition) is 1. The zero-order valence-electron chi connectivity index (χ0n) is 13.5. The van der Waals surface area contributed by atoms with E-state index in [9.17, 15) is 14.9 Å². The molecular weight excluding hydrogens is 292 g/mol. The molecule has 23 heavy (non-hydrogen) atoms. The fraction of sp³-hybridized carbons (Fsp3) is 0.353. The van der Waals surface area contributed by atoms with E-state index in [-0.39, 0.29) is 17.4 Å². The van der Waals surface area contributed by atoms with Crippen molar-refractivity contribution in [1.82, 2.24) is 9.13 Å². The van der Waals surface area contributed by atoms with Crippen LogP contribution in [0.3, 0.4) is 0 Å². The second-order valence-electron chi connectivity index (χ2n) is 5.61. The summed E-state index contributed by atoms with van der Waals surface area (Å²) in [6.07, 6.45) is 1.69. The Labute approximate surface area is 134 Å². The molecule has 0 saturated heterocycles. The first-order chi connectivity index (χ1) is 11.0. The van der Waals surface area contributed by atoms with Crippen LogP contribution in [0.1, 0.15) is 24.5 Å². The molecule has 120 valence electrons. The second kappa shape index (κ2) is 6.97. The summed E-state index contributed by atoms with van der Waals surface area (Å²) in [5.74, 6) is 0.279. The molecule has 1 aromatic heterocycles. The van der Waals surface area contributed by atoms with Crippen LogP contribution in [0.2, 0.25) is 0 Å². The molecule has 1 unspecified atom stereocenters. The molecule has 0 saturated carbocycles. The standard InChI is InChI=1S/C17H20N4O2/c1-12(9-10-13-7-5-4-6-8-13)19-15-14(11-18)16(22)21(3)17(23)20(15)2/h4-8,12,19H,9-10H2,1-3H3. The van der Waals surface area contributed by atoms with Gasteiger partial charge in [-0.25, -0.2) is 4.79 Å². The van der Waals surface area contributed by atoms with E-state index in [1.165, 1.54) is 17.2 Å². The van der Waals surface area contributed by atoms with Gasteiger partial charge >= 0.3 is 5.69 Å². The van der Waals surface area contributed by atoms with Crippen molar-refractivity contribution in [2.45, 2.75) is 25.8 Å². The van der Waals surface area contributed by atoms with Gasteiger partial charge in [0.2, 0.25) is 0 Å². The predicted octanol–water partition coefficient (Wildman–Crippen LogP) is 1.39. The van der Waals surface area contributed by atoms with Gasteiger partial charge in [-0.05, 0) is 25.3 Å². The van der Waals surface area contributed by atoms with Gasteiger partial charge in [0.05, 0.1) is 0 Å². The van der Waals surface area contributed by atoms with E-state index in [0.717, 1.165) is 17.4 Å². The summed E-state index contributed by atoms with van der Waals surface area (Å²) in [6.45, 7) is 1.96. The lowest BCUT2D eigenvalue weighted by atomic mass is 10.1. The lowest BCUT2D eigenvalue weighted by Crippen LogP contribution is -2.40. The minimum Gasteiger partial charge on any atom is -0.368 e. The SMILES string of the molecule is CC(CCc1ccccc1)Nc1c(C#N)c(=O)n(C)c(=O)n1C. The predicted molar refractivity (Wildman–Crippen MR) is 89.5 cm³/mol. The molecule has 6 heteroatoms. The van der Waals surface area contributed by atoms with E-state index in [0.29, 0.717) is 0 Å². The van der Waals surface area contributed by atoms with Gasteiger partial charge in [0.15, 0.2) is 5.56 Å². The van der Waals surface area contributed by atoms with E-state index in [4.69, 9.17) is 0 Å². The van der Waals surface area contributed by atoms with Crippen LogP contribution in [0.15, 0.2) is 39.9 Å². The topological polar surface area (TPSA) is 79.8 Å². The number of aryl methyl sites for hydroxylation is 1. The molecule has 0 radical (unpaired) electrons. The van der Waals surface area contributed by atoms with Gasteiger partial charge < -0.3 is 5.32 Å². The van der Waals surface area contributed by atoms with Gasteiger partial charge in [-0.1, -0.05) is 30.3 Å². The van der Waals surface area contributed by atoms with Gasteiger partial charge in [0, 0.05) is 20.1 Å². The Morgan fingerprint density at radius 2 is 1.83 bits per heavy atom. The van der Waals surface area contributed by atoms with Crippen LogP contribution in [0.4, 0.5) is 5.82 Å². The first kappa shape index (κ1) is 16.6. The maximum Gasteiger partial charge on any atom is 0.332 e. The zero-order chi connectivity index (χ0) is 17.0. The average Bonchev–Trinajstić information content (AvgIpc) is 2.57. The van der Waals surface area contributed by atoms with E-state index < -0.39 is 11.2 Å². The molecule has 1 N–H and O–H groups in total. The summed E-state index contributed by atoms with van der Waals surface area (Å²) in [7, 11) is 2.92. The van der Waals surface area contributed by atoms with Gasteiger partial charge in [-0.3, -0.25) is 13.9 Å². The third-order valence-electron chi connectivity index (χ3n) is 3.87. The first-order valence-corrected chi connectivity index (χ1v) is 7.46. The van der Waals surface area contributed by atoms with Crippen LogP contribution in [-0.4, -0.2) is 15.2 Å². The van der Waals surface area contributed by atoms with Crippen LogP contribution in [-0.2, 0) is 20.5 Å². The Bertz CT molecular complexity index is 844. The highest BCUT2D eigenvalue weighted by Crippen LogP contribution is 2.12. The van der Waals surface area contributed by atoms with E-state index in [1.807, 2.05) is 31.2 Å². The molecule has 6 nitrogen and oxygen atoms in total. The summed E-state index contributed by atoms with van der Waals surface area (Å²) in [5, 5.41) is 12.4. The van der Waals surface area contributed by atoms with Crippen LogP contribution in [0.5, 0.6) is 0 Å². The van der Waals surface area contributed by atoms with Gasteiger partial charge in [-0.15, -0.1) is 0 Å². The van der Waals surface area contributed by atoms with Gasteiger partial charge in [-0.2, -0.15) is 5.26 Å². The fourth-order valence-corrected chi connectivity index (χ4v) is 2.45. The van der Waals surface area contributed by atoms with Crippen molar-refractivity contribution < 1.29 is 0 Å². The van der Waals surface area contributed by atoms with E-state index in [2.05, 4.69) is 17.4 Å². The van der Waals surface area contributed by atoms with Crippen molar-refractivity contribution in [3.63, 3.8) is 0 Å². The highest BCUT2D eigenvalue weighted by Gasteiger charge is 2.16. The summed E-state index contributed by atoms with van der Waals surface area (Å²) in [5.41, 5.74) is 0.154. The summed E-state index contributed by atoms with van der Waals surface area (Å²) < 4.78 is 2.25. The molecule has 0 spiro atoms. The first-order valence-electron chi connectivity index (χ1n) is 7.46. The maximum absolute atomic E-state index is 12.0. The summed E-state index contributed by atoms with van der Waals surface area (Å²) in [6, 6.07) is 12.0. The molecule has 0 aliphatic heterocycles. The molecule has 0 bridgehead atoms. The Morgan fingerprint density at radius 3 is 2.43 bits per heavy atom. The number of nitrogens with one attached hydrogen (secondary N) is 1. The van der Waals surface area contributed by atoms with Crippen LogP contribution in [0, 0.1) is 11.3 Å². The van der Waals surface area contributed by atoms with Crippen molar-refractivity contribution >= 4 is 5.82 Å². The van der Waals surface area contributed by atoms with Crippen molar-refractivity contribution in [3.8, 4) is 6.07 Å². The quantitative estimate of drug-likeness (QED) is 0.905. The van der Waals surface area contributed by atoms with Gasteiger partial charge in [0.1, 0.15) is 11.9 Å². The summed E-state index contributed by atoms with van der Waals surface area (Å²) >= 11 is 0. The number of aromatic nitrogens is 2. The molecule has 1 atom stereocenters. The third-order valence-corrected chi connectivity index (χ3v) is 3.87. The second-order valence-corrected chi connectivity index (χ2v) is 5.61. The van der Waals surface area contributed by atoms with Crippen molar-refractivity contribution in [3.05, 3.63) is 62.3 Å². The number of benzene rings is 1. The van der Waals surface area contributed by atoms with Crippen molar-refractivity contribution in [2.24, 2.45) is 14.1 Å². The molecule has 1 heterocycles. The van der Waals surface area contributed by atoms with E-state index >= 15 is 0 Å². The third kappa shape index (κ3) is 3.51. The average molecular weight is 312 g/mol. The molecule has 2 aromatic rings. The molecule has 0 aliphatic rings. The lowest BCUT2D eigenvalue weighted by Gasteiger charge is -2.19. The van der Waals surface area contributed by atoms with Crippen LogP contribution < -0.4 is 16.6 Å². The number of anilines is 1. The normalized spacial score (nSPS) is 11.7. The molecule has 0 fully saturated rings. The summed E-state index contributed by atoms with van der Waals surface area (Å²) in [4.78, 5) is 24.1. The maximum atomic E-state index is 12.0. The number of hydrogen-bond acceptors (Lipinski definition) is 4. The Morgan fingerprint density at radius 1 is 1.17 bits per heavy atom. The van der Waals surface area contributed by atoms with Crippen LogP contribution >= 0.6 is 0 Å². The molecule has 1 aromatic carbocycles. The smallest absolute Gasteiger partial charge is 0.332 e. The largest absolute Gasteiger partial charge is 0.368 e. The number of nitrogens with zero attached hydrogens (tertiary/aromatic N) is 3. The minimum absolute atomic E-state index is 0.0139. The van der Waals surface area contributed by atoms with Crippen molar-refractivity contribution in [2.75, 3.05) is 5.32 Å². The van der Waals surface area contributed by atoms with Gasteiger partial charge in [0.25, 0.3) is 5.56 Å². The zero-order valence-corrected chi connectivity index (χ0v) is 13.5. The fourth-order valence-electron chi connectivity index (χ4n) is 2.45. The lowest BCUT2D eigenvalue weighted by molar-refractivity contribution is 0.656. The highest BCUT2D eigenvalue weighted by atomic mass is 16.2. The van der Waals surface area contributed by atoms with E-state index in [1.54, 1.807) is 7.05 Å². The Hall–Kier alpha value is -2.81. The monoisotopic (exact) mass is 312 g/mol. The molecule has 0 amide bonds. The van der Waals surface area contributed by atoms with Crippen LogP contribution in [0.25, 0.3) is 0 Å².